The highest BCUT2D eigenvalue weighted by atomic mass is 35.5. The maximum atomic E-state index is 13.2. The lowest BCUT2D eigenvalue weighted by atomic mass is 10.0. The van der Waals surface area contributed by atoms with Crippen LogP contribution in [0.25, 0.3) is 0 Å². The van der Waals surface area contributed by atoms with Gasteiger partial charge in [-0.15, -0.1) is 0 Å². The molecule has 0 spiro atoms. The maximum absolute atomic E-state index is 13.2. The molecule has 2 aliphatic rings. The van der Waals surface area contributed by atoms with E-state index in [1.165, 1.54) is 24.7 Å². The van der Waals surface area contributed by atoms with Crippen molar-refractivity contribution in [3.05, 3.63) is 71.1 Å². The van der Waals surface area contributed by atoms with Gasteiger partial charge in [-0.3, -0.25) is 9.52 Å². The molecule has 0 saturated carbocycles. The molecule has 1 aromatic heterocycles. The van der Waals surface area contributed by atoms with Gasteiger partial charge in [0, 0.05) is 35.7 Å². The largest absolute Gasteiger partial charge is 0.362 e. The summed E-state index contributed by atoms with van der Waals surface area (Å²) in [6.45, 7) is 1.61. The van der Waals surface area contributed by atoms with E-state index in [4.69, 9.17) is 11.6 Å². The van der Waals surface area contributed by atoms with E-state index in [0.29, 0.717) is 18.0 Å². The van der Waals surface area contributed by atoms with Gasteiger partial charge in [0.25, 0.3) is 10.0 Å². The van der Waals surface area contributed by atoms with Crippen LogP contribution in [0.15, 0.2) is 59.9 Å². The minimum absolute atomic E-state index is 0.00809. The molecular weight excluding hydrogens is 462 g/mol. The van der Waals surface area contributed by atoms with Crippen LogP contribution in [0.2, 0.25) is 5.02 Å². The standard InChI is InChI=1S/C23H22ClN5O3S/c24-18-3-5-20-16(12-18)2-1-10-28(20)14-23(30)29-11-8-17-13-19(4-6-21(17)29)33(31,32)27-22-7-9-25-15-26-22/h3-7,9,12-13,15H,1-2,8,10-11,14H2,(H,25,26,27). The van der Waals surface area contributed by atoms with Crippen LogP contribution in [0, 0.1) is 0 Å². The van der Waals surface area contributed by atoms with Crippen LogP contribution in [-0.4, -0.2) is 43.9 Å². The van der Waals surface area contributed by atoms with Gasteiger partial charge in [0.1, 0.15) is 12.1 Å². The number of sulfonamides is 1. The second-order valence-electron chi connectivity index (χ2n) is 8.08. The van der Waals surface area contributed by atoms with Crippen molar-refractivity contribution in [2.75, 3.05) is 34.2 Å². The second kappa shape index (κ2) is 8.64. The number of nitrogens with zero attached hydrogens (tertiary/aromatic N) is 4. The normalized spacial score (nSPS) is 15.2. The fraction of sp³-hybridized carbons (Fsp3) is 0.261. The molecule has 2 aromatic carbocycles. The van der Waals surface area contributed by atoms with Gasteiger partial charge >= 0.3 is 0 Å². The minimum Gasteiger partial charge on any atom is -0.362 e. The Hall–Kier alpha value is -3.17. The van der Waals surface area contributed by atoms with Crippen LogP contribution in [0.1, 0.15) is 17.5 Å². The molecule has 2 aliphatic heterocycles. The van der Waals surface area contributed by atoms with Crippen LogP contribution in [0.4, 0.5) is 17.2 Å². The van der Waals surface area contributed by atoms with Crippen molar-refractivity contribution < 1.29 is 13.2 Å². The Morgan fingerprint density at radius 1 is 1.03 bits per heavy atom. The molecule has 33 heavy (non-hydrogen) atoms. The number of benzene rings is 2. The summed E-state index contributed by atoms with van der Waals surface area (Å²) < 4.78 is 28.0. The molecule has 1 amide bonds. The first-order chi connectivity index (χ1) is 15.9. The molecule has 0 atom stereocenters. The predicted octanol–water partition coefficient (Wildman–Crippen LogP) is 3.27. The van der Waals surface area contributed by atoms with Gasteiger partial charge in [-0.05, 0) is 72.9 Å². The van der Waals surface area contributed by atoms with Crippen LogP contribution >= 0.6 is 11.6 Å². The molecule has 0 saturated heterocycles. The summed E-state index contributed by atoms with van der Waals surface area (Å²) in [4.78, 5) is 24.9. The van der Waals surface area contributed by atoms with E-state index in [-0.39, 0.29) is 23.2 Å². The number of hydrogen-bond acceptors (Lipinski definition) is 6. The average molecular weight is 484 g/mol. The Kier molecular flexibility index (Phi) is 5.67. The number of rotatable bonds is 5. The third-order valence-corrected chi connectivity index (χ3v) is 7.55. The number of amides is 1. The molecule has 0 unspecified atom stereocenters. The maximum Gasteiger partial charge on any atom is 0.263 e. The number of hydrogen-bond donors (Lipinski definition) is 1. The minimum atomic E-state index is -3.80. The molecule has 10 heteroatoms. The lowest BCUT2D eigenvalue weighted by molar-refractivity contribution is -0.117. The van der Waals surface area contributed by atoms with Gasteiger partial charge in [0.05, 0.1) is 11.4 Å². The fourth-order valence-corrected chi connectivity index (χ4v) is 5.66. The van der Waals surface area contributed by atoms with Crippen molar-refractivity contribution in [2.24, 2.45) is 0 Å². The Morgan fingerprint density at radius 3 is 2.67 bits per heavy atom. The van der Waals surface area contributed by atoms with Gasteiger partial charge in [-0.2, -0.15) is 0 Å². The number of anilines is 3. The number of carbonyl (C=O) groups excluding carboxylic acids is 1. The highest BCUT2D eigenvalue weighted by Crippen LogP contribution is 2.33. The van der Waals surface area contributed by atoms with Crippen molar-refractivity contribution in [2.45, 2.75) is 24.2 Å². The second-order valence-corrected chi connectivity index (χ2v) is 10.2. The van der Waals surface area contributed by atoms with Gasteiger partial charge in [0.2, 0.25) is 5.91 Å². The van der Waals surface area contributed by atoms with Gasteiger partial charge in [-0.25, -0.2) is 18.4 Å². The average Bonchev–Trinajstić information content (AvgIpc) is 3.23. The number of nitrogens with one attached hydrogen (secondary N) is 1. The van der Waals surface area contributed by atoms with E-state index in [9.17, 15) is 13.2 Å². The quantitative estimate of drug-likeness (QED) is 0.598. The van der Waals surface area contributed by atoms with Crippen LogP contribution < -0.4 is 14.5 Å². The van der Waals surface area contributed by atoms with Crippen LogP contribution in [0.5, 0.6) is 0 Å². The van der Waals surface area contributed by atoms with E-state index in [1.54, 1.807) is 17.0 Å². The predicted molar refractivity (Wildman–Crippen MR) is 127 cm³/mol. The first-order valence-electron chi connectivity index (χ1n) is 10.7. The Bertz CT molecular complexity index is 1320. The number of fused-ring (bicyclic) bond motifs is 2. The molecule has 1 N–H and O–H groups in total. The van der Waals surface area contributed by atoms with Crippen molar-refractivity contribution in [1.82, 2.24) is 9.97 Å². The first kappa shape index (κ1) is 21.7. The molecule has 0 fully saturated rings. The Morgan fingerprint density at radius 2 is 1.85 bits per heavy atom. The first-order valence-corrected chi connectivity index (χ1v) is 12.5. The SMILES string of the molecule is O=C(CN1CCCc2cc(Cl)ccc21)N1CCc2cc(S(=O)(=O)Nc3ccncn3)ccc21. The molecule has 3 heterocycles. The number of aryl methyl sites for hydroxylation is 1. The van der Waals surface area contributed by atoms with Crippen molar-refractivity contribution in [1.29, 1.82) is 0 Å². The van der Waals surface area contributed by atoms with Crippen LogP contribution in [-0.2, 0) is 27.7 Å². The van der Waals surface area contributed by atoms with Crippen molar-refractivity contribution in [3.63, 3.8) is 0 Å². The van der Waals surface area contributed by atoms with E-state index in [1.807, 2.05) is 18.2 Å². The summed E-state index contributed by atoms with van der Waals surface area (Å²) >= 11 is 6.13. The van der Waals surface area contributed by atoms with E-state index in [0.717, 1.165) is 41.9 Å². The lowest BCUT2D eigenvalue weighted by Gasteiger charge is -2.32. The van der Waals surface area contributed by atoms with Crippen molar-refractivity contribution >= 4 is 44.7 Å². The highest BCUT2D eigenvalue weighted by molar-refractivity contribution is 7.92. The zero-order chi connectivity index (χ0) is 23.0. The molecule has 0 bridgehead atoms. The van der Waals surface area contributed by atoms with Gasteiger partial charge in [0.15, 0.2) is 0 Å². The molecule has 3 aromatic rings. The smallest absolute Gasteiger partial charge is 0.263 e. The third kappa shape index (κ3) is 4.38. The van der Waals surface area contributed by atoms with Gasteiger partial charge in [-0.1, -0.05) is 11.6 Å². The zero-order valence-electron chi connectivity index (χ0n) is 17.7. The van der Waals surface area contributed by atoms with E-state index in [2.05, 4.69) is 19.6 Å². The zero-order valence-corrected chi connectivity index (χ0v) is 19.3. The van der Waals surface area contributed by atoms with Gasteiger partial charge < -0.3 is 9.80 Å². The highest BCUT2D eigenvalue weighted by Gasteiger charge is 2.29. The summed E-state index contributed by atoms with van der Waals surface area (Å²) in [5.41, 5.74) is 3.80. The Balaban J connectivity index is 1.33. The van der Waals surface area contributed by atoms with E-state index < -0.39 is 10.0 Å². The number of carbonyl (C=O) groups is 1. The molecule has 170 valence electrons. The summed E-state index contributed by atoms with van der Waals surface area (Å²) in [5.74, 6) is 0.191. The summed E-state index contributed by atoms with van der Waals surface area (Å²) in [7, 11) is -3.80. The summed E-state index contributed by atoms with van der Waals surface area (Å²) in [5, 5.41) is 0.704. The van der Waals surface area contributed by atoms with Crippen molar-refractivity contribution in [3.8, 4) is 0 Å². The molecule has 5 rings (SSSR count). The fourth-order valence-electron chi connectivity index (χ4n) is 4.41. The summed E-state index contributed by atoms with van der Waals surface area (Å²) in [6.07, 6.45) is 5.26. The lowest BCUT2D eigenvalue weighted by Crippen LogP contribution is -2.41. The third-order valence-electron chi connectivity index (χ3n) is 5.96. The monoisotopic (exact) mass is 483 g/mol. The topological polar surface area (TPSA) is 95.5 Å². The molecule has 0 radical (unpaired) electrons. The molecular formula is C23H22ClN5O3S. The molecule has 8 nitrogen and oxygen atoms in total. The number of aromatic nitrogens is 2. The summed E-state index contributed by atoms with van der Waals surface area (Å²) in [6, 6.07) is 12.1. The van der Waals surface area contributed by atoms with E-state index >= 15 is 0 Å². The molecule has 0 aliphatic carbocycles. The Labute approximate surface area is 197 Å². The van der Waals surface area contributed by atoms with Crippen LogP contribution in [0.3, 0.4) is 0 Å². The number of halogens is 1.